The summed E-state index contributed by atoms with van der Waals surface area (Å²) < 4.78 is 48.1. The van der Waals surface area contributed by atoms with Crippen molar-refractivity contribution in [2.75, 3.05) is 18.5 Å². The fourth-order valence-corrected chi connectivity index (χ4v) is 3.68. The van der Waals surface area contributed by atoms with Crippen LogP contribution in [0.1, 0.15) is 42.3 Å². The van der Waals surface area contributed by atoms with E-state index in [1.807, 2.05) is 0 Å². The van der Waals surface area contributed by atoms with E-state index in [9.17, 15) is 22.8 Å². The smallest absolute Gasteiger partial charge is 0.270 e. The summed E-state index contributed by atoms with van der Waals surface area (Å²) in [5.74, 6) is -5.47. The number of H-pyrrole nitrogens is 1. The summed E-state index contributed by atoms with van der Waals surface area (Å²) in [7, 11) is 0. The minimum Gasteiger partial charge on any atom is -0.381 e. The molecule has 2 aromatic rings. The quantitative estimate of drug-likeness (QED) is 0.801. The van der Waals surface area contributed by atoms with Gasteiger partial charge in [0.1, 0.15) is 5.82 Å². The molecule has 6 nitrogen and oxygen atoms in total. The Morgan fingerprint density at radius 3 is 2.54 bits per heavy atom. The molecule has 2 aliphatic rings. The van der Waals surface area contributed by atoms with Crippen LogP contribution in [0.4, 0.5) is 19.0 Å². The number of benzene rings is 1. The van der Waals surface area contributed by atoms with Gasteiger partial charge in [-0.2, -0.15) is 0 Å². The average molecular weight is 367 g/mol. The van der Waals surface area contributed by atoms with Gasteiger partial charge in [0.05, 0.1) is 11.6 Å². The highest BCUT2D eigenvalue weighted by molar-refractivity contribution is 5.94. The first kappa shape index (κ1) is 16.9. The molecular weight excluding hydrogens is 351 g/mol. The number of fused-ring (bicyclic) bond motifs is 1. The van der Waals surface area contributed by atoms with Gasteiger partial charge in [0.25, 0.3) is 5.56 Å². The largest absolute Gasteiger partial charge is 0.381 e. The molecule has 1 aromatic heterocycles. The number of aromatic amines is 1. The Hall–Kier alpha value is -2.55. The fourth-order valence-electron chi connectivity index (χ4n) is 3.68. The van der Waals surface area contributed by atoms with Gasteiger partial charge in [-0.15, -0.1) is 0 Å². The Bertz CT molecular complexity index is 931. The number of carbonyl (C=O) groups is 1. The summed E-state index contributed by atoms with van der Waals surface area (Å²) in [6.07, 6.45) is 1.07. The third kappa shape index (κ3) is 2.63. The van der Waals surface area contributed by atoms with Crippen LogP contribution in [0, 0.1) is 17.5 Å². The van der Waals surface area contributed by atoms with Crippen molar-refractivity contribution in [2.24, 2.45) is 0 Å². The van der Waals surface area contributed by atoms with E-state index in [1.165, 1.54) is 0 Å². The number of anilines is 1. The number of nitrogens with one attached hydrogen (secondary N) is 2. The highest BCUT2D eigenvalue weighted by Crippen LogP contribution is 2.38. The number of rotatable bonds is 2. The molecule has 0 spiro atoms. The summed E-state index contributed by atoms with van der Waals surface area (Å²) in [4.78, 5) is 24.7. The van der Waals surface area contributed by atoms with Crippen LogP contribution < -0.4 is 10.9 Å². The Kier molecular flexibility index (Phi) is 4.10. The number of hydrogen-bond donors (Lipinski definition) is 2. The van der Waals surface area contributed by atoms with Crippen LogP contribution in [0.25, 0.3) is 0 Å². The van der Waals surface area contributed by atoms with Crippen LogP contribution in [0.3, 0.4) is 0 Å². The maximum atomic E-state index is 14.3. The molecule has 4 rings (SSSR count). The van der Waals surface area contributed by atoms with Crippen molar-refractivity contribution in [2.45, 2.75) is 31.2 Å². The van der Waals surface area contributed by atoms with Crippen LogP contribution >= 0.6 is 0 Å². The van der Waals surface area contributed by atoms with E-state index in [2.05, 4.69) is 10.4 Å². The molecule has 1 fully saturated rings. The number of amides is 1. The minimum atomic E-state index is -1.62. The summed E-state index contributed by atoms with van der Waals surface area (Å²) in [6, 6.07) is 1.80. The number of halogens is 3. The summed E-state index contributed by atoms with van der Waals surface area (Å²) in [5, 5.41) is 5.34. The predicted octanol–water partition coefficient (Wildman–Crippen LogP) is 2.42. The zero-order valence-electron chi connectivity index (χ0n) is 13.7. The predicted molar refractivity (Wildman–Crippen MR) is 85.5 cm³/mol. The van der Waals surface area contributed by atoms with E-state index in [4.69, 9.17) is 4.74 Å². The lowest BCUT2D eigenvalue weighted by Crippen LogP contribution is -2.29. The fraction of sp³-hybridized carbons (Fsp3) is 0.412. The third-order valence-corrected chi connectivity index (χ3v) is 4.95. The zero-order valence-corrected chi connectivity index (χ0v) is 13.7. The molecule has 1 saturated heterocycles. The molecule has 0 aliphatic carbocycles. The second-order valence-electron chi connectivity index (χ2n) is 6.49. The van der Waals surface area contributed by atoms with Crippen LogP contribution in [0.15, 0.2) is 16.9 Å². The number of carbonyl (C=O) groups excluding carboxylic acids is 1. The molecular formula is C17H16F3N3O3. The standard InChI is InChI=1S/C17H16F3N3O3/c18-11-2-1-9(14(19)15(11)20)10-7-12(24)21-16-13(10)17(25)22-23(16)8-3-5-26-6-4-8/h1-2,8,10H,3-7H2,(H,21,24)(H,22,25). The molecule has 0 radical (unpaired) electrons. The van der Waals surface area contributed by atoms with Crippen molar-refractivity contribution < 1.29 is 22.7 Å². The molecule has 26 heavy (non-hydrogen) atoms. The Morgan fingerprint density at radius 1 is 1.08 bits per heavy atom. The van der Waals surface area contributed by atoms with E-state index < -0.39 is 34.8 Å². The topological polar surface area (TPSA) is 76.1 Å². The Morgan fingerprint density at radius 2 is 1.81 bits per heavy atom. The maximum Gasteiger partial charge on any atom is 0.270 e. The summed E-state index contributed by atoms with van der Waals surface area (Å²) >= 11 is 0. The lowest BCUT2D eigenvalue weighted by atomic mass is 9.86. The molecule has 2 aliphatic heterocycles. The monoisotopic (exact) mass is 367 g/mol. The Labute approximate surface area is 145 Å². The zero-order chi connectivity index (χ0) is 18.4. The van der Waals surface area contributed by atoms with Gasteiger partial charge in [-0.3, -0.25) is 19.4 Å². The van der Waals surface area contributed by atoms with Gasteiger partial charge >= 0.3 is 0 Å². The van der Waals surface area contributed by atoms with E-state index in [0.717, 1.165) is 12.1 Å². The molecule has 1 amide bonds. The Balaban J connectivity index is 1.84. The number of hydrogen-bond acceptors (Lipinski definition) is 3. The molecule has 1 aromatic carbocycles. The SMILES string of the molecule is O=C1CC(c2ccc(F)c(F)c2F)c2c(n(C3CCOCC3)[nH]c2=O)N1. The number of aromatic nitrogens is 2. The van der Waals surface area contributed by atoms with E-state index in [1.54, 1.807) is 4.68 Å². The summed E-state index contributed by atoms with van der Waals surface area (Å²) in [6.45, 7) is 1.05. The number of ether oxygens (including phenoxy) is 1. The van der Waals surface area contributed by atoms with Gasteiger partial charge in [0, 0.05) is 25.6 Å². The van der Waals surface area contributed by atoms with E-state index >= 15 is 0 Å². The molecule has 0 saturated carbocycles. The minimum absolute atomic E-state index is 0.0750. The van der Waals surface area contributed by atoms with Crippen LogP contribution in [0.5, 0.6) is 0 Å². The second kappa shape index (κ2) is 6.31. The molecule has 1 unspecified atom stereocenters. The van der Waals surface area contributed by atoms with Gasteiger partial charge in [0.15, 0.2) is 17.5 Å². The second-order valence-corrected chi connectivity index (χ2v) is 6.49. The lowest BCUT2D eigenvalue weighted by Gasteiger charge is -2.28. The molecule has 1 atom stereocenters. The van der Waals surface area contributed by atoms with Gasteiger partial charge < -0.3 is 10.1 Å². The molecule has 0 bridgehead atoms. The van der Waals surface area contributed by atoms with Crippen molar-refractivity contribution in [1.29, 1.82) is 0 Å². The highest BCUT2D eigenvalue weighted by atomic mass is 19.2. The summed E-state index contributed by atoms with van der Waals surface area (Å²) in [5.41, 5.74) is -0.545. The molecule has 2 N–H and O–H groups in total. The van der Waals surface area contributed by atoms with Crippen molar-refractivity contribution in [3.63, 3.8) is 0 Å². The van der Waals surface area contributed by atoms with Gasteiger partial charge in [-0.1, -0.05) is 6.07 Å². The van der Waals surface area contributed by atoms with Crippen molar-refractivity contribution in [3.05, 3.63) is 51.1 Å². The first-order chi connectivity index (χ1) is 12.5. The van der Waals surface area contributed by atoms with E-state index in [-0.39, 0.29) is 29.4 Å². The first-order valence-corrected chi connectivity index (χ1v) is 8.32. The highest BCUT2D eigenvalue weighted by Gasteiger charge is 2.36. The van der Waals surface area contributed by atoms with Gasteiger partial charge in [-0.25, -0.2) is 13.2 Å². The molecule has 3 heterocycles. The van der Waals surface area contributed by atoms with E-state index in [0.29, 0.717) is 26.1 Å². The van der Waals surface area contributed by atoms with Crippen LogP contribution in [-0.4, -0.2) is 28.9 Å². The normalized spacial score (nSPS) is 20.7. The van der Waals surface area contributed by atoms with Crippen LogP contribution in [0.2, 0.25) is 0 Å². The lowest BCUT2D eigenvalue weighted by molar-refractivity contribution is -0.116. The van der Waals surface area contributed by atoms with Crippen molar-refractivity contribution in [3.8, 4) is 0 Å². The molecule has 9 heteroatoms. The first-order valence-electron chi connectivity index (χ1n) is 8.32. The van der Waals surface area contributed by atoms with Gasteiger partial charge in [-0.05, 0) is 24.5 Å². The molecule has 138 valence electrons. The maximum absolute atomic E-state index is 14.3. The van der Waals surface area contributed by atoms with Gasteiger partial charge in [0.2, 0.25) is 5.91 Å². The van der Waals surface area contributed by atoms with Crippen molar-refractivity contribution >= 4 is 11.7 Å². The average Bonchev–Trinajstić information content (AvgIpc) is 2.96. The number of nitrogens with zero attached hydrogens (tertiary/aromatic N) is 1. The van der Waals surface area contributed by atoms with Crippen LogP contribution in [-0.2, 0) is 9.53 Å². The van der Waals surface area contributed by atoms with Crippen molar-refractivity contribution in [1.82, 2.24) is 9.78 Å². The third-order valence-electron chi connectivity index (χ3n) is 4.95.